The first-order valence-corrected chi connectivity index (χ1v) is 8.72. The van der Waals surface area contributed by atoms with Crippen LogP contribution < -0.4 is 20.3 Å². The Balaban J connectivity index is 1.72. The number of rotatable bonds is 6. The SMILES string of the molecule is COc1ccc(NC(=O)Cn2cnc(-c3ccc(Cl)cc3)cc2=O)cc1OC. The maximum atomic E-state index is 12.3. The summed E-state index contributed by atoms with van der Waals surface area (Å²) in [4.78, 5) is 28.9. The number of hydrogen-bond donors (Lipinski definition) is 1. The Labute approximate surface area is 166 Å². The molecule has 0 bridgehead atoms. The molecule has 3 rings (SSSR count). The van der Waals surface area contributed by atoms with Crippen LogP contribution in [-0.4, -0.2) is 29.7 Å². The van der Waals surface area contributed by atoms with Crippen LogP contribution >= 0.6 is 11.6 Å². The monoisotopic (exact) mass is 399 g/mol. The first kappa shape index (κ1) is 19.4. The van der Waals surface area contributed by atoms with E-state index in [1.165, 1.54) is 31.2 Å². The Morgan fingerprint density at radius 3 is 2.43 bits per heavy atom. The molecular formula is C20H18ClN3O4. The summed E-state index contributed by atoms with van der Waals surface area (Å²) in [6, 6.07) is 13.4. The number of carbonyl (C=O) groups excluding carboxylic acids is 1. The van der Waals surface area contributed by atoms with E-state index in [1.54, 1.807) is 42.5 Å². The van der Waals surface area contributed by atoms with Crippen LogP contribution in [0, 0.1) is 0 Å². The van der Waals surface area contributed by atoms with Crippen molar-refractivity contribution in [2.45, 2.75) is 6.54 Å². The van der Waals surface area contributed by atoms with Crippen molar-refractivity contribution in [1.29, 1.82) is 0 Å². The Bertz CT molecular complexity index is 1050. The summed E-state index contributed by atoms with van der Waals surface area (Å²) in [6.07, 6.45) is 1.35. The second-order valence-electron chi connectivity index (χ2n) is 5.87. The van der Waals surface area contributed by atoms with Crippen molar-refractivity contribution in [3.63, 3.8) is 0 Å². The van der Waals surface area contributed by atoms with E-state index in [4.69, 9.17) is 21.1 Å². The topological polar surface area (TPSA) is 82.5 Å². The number of methoxy groups -OCH3 is 2. The quantitative estimate of drug-likeness (QED) is 0.688. The largest absolute Gasteiger partial charge is 0.493 e. The van der Waals surface area contributed by atoms with E-state index < -0.39 is 0 Å². The number of aromatic nitrogens is 2. The molecule has 28 heavy (non-hydrogen) atoms. The van der Waals surface area contributed by atoms with E-state index in [1.807, 2.05) is 0 Å². The second-order valence-corrected chi connectivity index (χ2v) is 6.30. The summed E-state index contributed by atoms with van der Waals surface area (Å²) >= 11 is 5.87. The highest BCUT2D eigenvalue weighted by molar-refractivity contribution is 6.30. The standard InChI is InChI=1S/C20H18ClN3O4/c1-27-17-8-7-15(9-18(17)28-2)23-19(25)11-24-12-22-16(10-20(24)26)13-3-5-14(21)6-4-13/h3-10,12H,11H2,1-2H3,(H,23,25). The molecule has 0 aliphatic carbocycles. The molecule has 0 unspecified atom stereocenters. The minimum absolute atomic E-state index is 0.166. The van der Waals surface area contributed by atoms with Crippen molar-refractivity contribution in [1.82, 2.24) is 9.55 Å². The number of benzene rings is 2. The van der Waals surface area contributed by atoms with Crippen LogP contribution in [0.15, 0.2) is 59.7 Å². The molecule has 3 aromatic rings. The van der Waals surface area contributed by atoms with Gasteiger partial charge in [-0.25, -0.2) is 4.98 Å². The predicted molar refractivity (Wildman–Crippen MR) is 107 cm³/mol. The van der Waals surface area contributed by atoms with Gasteiger partial charge in [-0.05, 0) is 24.3 Å². The minimum Gasteiger partial charge on any atom is -0.493 e. The number of anilines is 1. The zero-order valence-corrected chi connectivity index (χ0v) is 16.1. The summed E-state index contributed by atoms with van der Waals surface area (Å²) in [5.41, 5.74) is 1.48. The first-order valence-electron chi connectivity index (χ1n) is 8.34. The molecule has 144 valence electrons. The van der Waals surface area contributed by atoms with Crippen LogP contribution in [0.3, 0.4) is 0 Å². The van der Waals surface area contributed by atoms with Crippen LogP contribution in [0.4, 0.5) is 5.69 Å². The van der Waals surface area contributed by atoms with Crippen molar-refractivity contribution < 1.29 is 14.3 Å². The molecule has 8 heteroatoms. The van der Waals surface area contributed by atoms with Crippen LogP contribution in [0.2, 0.25) is 5.02 Å². The molecule has 0 aliphatic heterocycles. The highest BCUT2D eigenvalue weighted by Gasteiger charge is 2.10. The number of hydrogen-bond acceptors (Lipinski definition) is 5. The fourth-order valence-electron chi connectivity index (χ4n) is 2.59. The molecule has 1 aromatic heterocycles. The molecule has 7 nitrogen and oxygen atoms in total. The summed E-state index contributed by atoms with van der Waals surface area (Å²) in [5, 5.41) is 3.32. The lowest BCUT2D eigenvalue weighted by Gasteiger charge is -2.11. The summed E-state index contributed by atoms with van der Waals surface area (Å²) in [7, 11) is 3.04. The number of halogens is 1. The Hall–Kier alpha value is -3.32. The molecule has 0 fully saturated rings. The summed E-state index contributed by atoms with van der Waals surface area (Å²) in [5.74, 6) is 0.681. The third-order valence-electron chi connectivity index (χ3n) is 4.00. The van der Waals surface area contributed by atoms with Crippen LogP contribution in [0.1, 0.15) is 0 Å². The molecule has 1 amide bonds. The lowest BCUT2D eigenvalue weighted by atomic mass is 10.1. The molecule has 0 atom stereocenters. The van der Waals surface area contributed by atoms with Gasteiger partial charge < -0.3 is 14.8 Å². The normalized spacial score (nSPS) is 10.4. The highest BCUT2D eigenvalue weighted by Crippen LogP contribution is 2.29. The third-order valence-corrected chi connectivity index (χ3v) is 4.25. The van der Waals surface area contributed by atoms with Crippen molar-refractivity contribution >= 4 is 23.2 Å². The molecule has 0 saturated carbocycles. The van der Waals surface area contributed by atoms with Gasteiger partial charge in [-0.2, -0.15) is 0 Å². The van der Waals surface area contributed by atoms with Gasteiger partial charge in [-0.1, -0.05) is 23.7 Å². The van der Waals surface area contributed by atoms with Crippen LogP contribution in [0.25, 0.3) is 11.3 Å². The number of amides is 1. The molecule has 0 spiro atoms. The van der Waals surface area contributed by atoms with Gasteiger partial charge in [0.25, 0.3) is 5.56 Å². The van der Waals surface area contributed by atoms with Crippen molar-refractivity contribution in [3.8, 4) is 22.8 Å². The van der Waals surface area contributed by atoms with Gasteiger partial charge in [0.2, 0.25) is 5.91 Å². The fraction of sp³-hybridized carbons (Fsp3) is 0.150. The van der Waals surface area contributed by atoms with E-state index in [0.717, 1.165) is 5.56 Å². The van der Waals surface area contributed by atoms with E-state index in [0.29, 0.717) is 27.9 Å². The fourth-order valence-corrected chi connectivity index (χ4v) is 2.72. The zero-order chi connectivity index (χ0) is 20.1. The van der Waals surface area contributed by atoms with Gasteiger partial charge in [-0.3, -0.25) is 14.2 Å². The smallest absolute Gasteiger partial charge is 0.254 e. The average molecular weight is 400 g/mol. The van der Waals surface area contributed by atoms with Crippen molar-refractivity contribution in [2.24, 2.45) is 0 Å². The van der Waals surface area contributed by atoms with Crippen molar-refractivity contribution in [3.05, 3.63) is 70.2 Å². The highest BCUT2D eigenvalue weighted by atomic mass is 35.5. The van der Waals surface area contributed by atoms with E-state index in [2.05, 4.69) is 10.3 Å². The number of ether oxygens (including phenoxy) is 2. The summed E-state index contributed by atoms with van der Waals surface area (Å²) in [6.45, 7) is -0.166. The molecule has 1 N–H and O–H groups in total. The molecule has 0 radical (unpaired) electrons. The predicted octanol–water partition coefficient (Wildman–Crippen LogP) is 3.22. The van der Waals surface area contributed by atoms with Gasteiger partial charge >= 0.3 is 0 Å². The van der Waals surface area contributed by atoms with Gasteiger partial charge in [-0.15, -0.1) is 0 Å². The lowest BCUT2D eigenvalue weighted by Crippen LogP contribution is -2.27. The summed E-state index contributed by atoms with van der Waals surface area (Å²) < 4.78 is 11.6. The van der Waals surface area contributed by atoms with Gasteiger partial charge in [0, 0.05) is 28.4 Å². The zero-order valence-electron chi connectivity index (χ0n) is 15.3. The number of nitrogens with one attached hydrogen (secondary N) is 1. The maximum absolute atomic E-state index is 12.3. The third kappa shape index (κ3) is 4.50. The van der Waals surface area contributed by atoms with Gasteiger partial charge in [0.05, 0.1) is 26.2 Å². The average Bonchev–Trinajstić information content (AvgIpc) is 2.70. The molecule has 2 aromatic carbocycles. The van der Waals surface area contributed by atoms with E-state index in [9.17, 15) is 9.59 Å². The Kier molecular flexibility index (Phi) is 5.96. The molecule has 1 heterocycles. The van der Waals surface area contributed by atoms with E-state index >= 15 is 0 Å². The maximum Gasteiger partial charge on any atom is 0.254 e. The van der Waals surface area contributed by atoms with Crippen LogP contribution in [-0.2, 0) is 11.3 Å². The van der Waals surface area contributed by atoms with Crippen molar-refractivity contribution in [2.75, 3.05) is 19.5 Å². The minimum atomic E-state index is -0.365. The molecule has 0 saturated heterocycles. The van der Waals surface area contributed by atoms with E-state index in [-0.39, 0.29) is 18.0 Å². The van der Waals surface area contributed by atoms with Gasteiger partial charge in [0.1, 0.15) is 6.54 Å². The Morgan fingerprint density at radius 2 is 1.79 bits per heavy atom. The number of carbonyl (C=O) groups is 1. The molecular weight excluding hydrogens is 382 g/mol. The van der Waals surface area contributed by atoms with Gasteiger partial charge in [0.15, 0.2) is 11.5 Å². The molecule has 0 aliphatic rings. The number of nitrogens with zero attached hydrogens (tertiary/aromatic N) is 2. The second kappa shape index (κ2) is 8.58. The first-order chi connectivity index (χ1) is 13.5. The lowest BCUT2D eigenvalue weighted by molar-refractivity contribution is -0.116. The Morgan fingerprint density at radius 1 is 1.07 bits per heavy atom. The van der Waals surface area contributed by atoms with Crippen LogP contribution in [0.5, 0.6) is 11.5 Å².